The first-order valence-corrected chi connectivity index (χ1v) is 17.8. The van der Waals surface area contributed by atoms with Gasteiger partial charge in [0.15, 0.2) is 15.0 Å². The first-order valence-electron chi connectivity index (χ1n) is 15.1. The number of anilines is 2. The maximum Gasteiger partial charge on any atom is 0.183 e. The van der Waals surface area contributed by atoms with Crippen LogP contribution in [0.2, 0.25) is 0 Å². The fourth-order valence-corrected chi connectivity index (χ4v) is 9.17. The summed E-state index contributed by atoms with van der Waals surface area (Å²) < 4.78 is 23.8. The van der Waals surface area contributed by atoms with E-state index >= 15 is 0 Å². The zero-order valence-electron chi connectivity index (χ0n) is 23.2. The van der Waals surface area contributed by atoms with Crippen molar-refractivity contribution in [2.75, 3.05) is 34.8 Å². The fraction of sp³-hybridized carbons (Fsp3) is 0.645. The molecular weight excluding hydrogens is 541 g/mol. The number of nitrogens with zero attached hydrogens (tertiary/aromatic N) is 3. The summed E-state index contributed by atoms with van der Waals surface area (Å²) in [5, 5.41) is 14.3. The van der Waals surface area contributed by atoms with Gasteiger partial charge in [0.25, 0.3) is 0 Å². The molecule has 0 bridgehead atoms. The van der Waals surface area contributed by atoms with Crippen LogP contribution in [0.3, 0.4) is 0 Å². The van der Waals surface area contributed by atoms with Crippen molar-refractivity contribution in [1.29, 1.82) is 5.26 Å². The molecule has 7 nitrogen and oxygen atoms in total. The number of aromatic nitrogens is 1. The van der Waals surface area contributed by atoms with E-state index in [1.807, 2.05) is 0 Å². The van der Waals surface area contributed by atoms with E-state index in [9.17, 15) is 18.5 Å². The summed E-state index contributed by atoms with van der Waals surface area (Å²) in [5.74, 6) is 0.663. The number of sulfone groups is 1. The lowest BCUT2D eigenvalue weighted by molar-refractivity contribution is -0.125. The van der Waals surface area contributed by atoms with E-state index in [2.05, 4.69) is 40.6 Å². The Balaban J connectivity index is 1.29. The molecule has 1 aliphatic heterocycles. The normalized spacial score (nSPS) is 26.1. The Morgan fingerprint density at radius 1 is 1.02 bits per heavy atom. The number of carbonyl (C=O) groups is 1. The molecule has 0 radical (unpaired) electrons. The van der Waals surface area contributed by atoms with Gasteiger partial charge < -0.3 is 10.2 Å². The summed E-state index contributed by atoms with van der Waals surface area (Å²) in [4.78, 5) is 22.1. The van der Waals surface area contributed by atoms with Crippen molar-refractivity contribution in [3.63, 3.8) is 0 Å². The molecule has 1 aromatic carbocycles. The van der Waals surface area contributed by atoms with Crippen molar-refractivity contribution < 1.29 is 13.2 Å². The second-order valence-electron chi connectivity index (χ2n) is 12.4. The molecule has 3 aliphatic carbocycles. The molecule has 2 atom stereocenters. The standard InChI is InChI=1S/C31H40N4O3S2/c32-21-31(14-15-31)20-27(36)25-8-4-5-9-26(25)28-29(39-30(34-28)33-23-6-2-1-3-7-23)22-10-12-24(13-11-22)35-16-18-40(37,38)19-17-35/h10-13,23,25-26H,1-9,14-20H2,(H,33,34)/t25-,26-/m1/s1. The molecule has 40 heavy (non-hydrogen) atoms. The average molecular weight is 581 g/mol. The topological polar surface area (TPSA) is 103 Å². The van der Waals surface area contributed by atoms with Crippen molar-refractivity contribution >= 4 is 37.8 Å². The highest BCUT2D eigenvalue weighted by atomic mass is 32.2. The molecule has 1 aromatic heterocycles. The zero-order valence-corrected chi connectivity index (χ0v) is 24.9. The van der Waals surface area contributed by atoms with Crippen LogP contribution in [0.5, 0.6) is 0 Å². The van der Waals surface area contributed by atoms with E-state index < -0.39 is 15.3 Å². The number of thiazole rings is 1. The second kappa shape index (κ2) is 11.4. The summed E-state index contributed by atoms with van der Waals surface area (Å²) in [6.07, 6.45) is 12.2. The monoisotopic (exact) mass is 580 g/mol. The Kier molecular flexibility index (Phi) is 7.93. The Hall–Kier alpha value is -2.44. The minimum Gasteiger partial charge on any atom is -0.369 e. The van der Waals surface area contributed by atoms with Gasteiger partial charge in [0.1, 0.15) is 5.78 Å². The molecule has 6 rings (SSSR count). The summed E-state index contributed by atoms with van der Waals surface area (Å²) in [6.45, 7) is 1.05. The highest BCUT2D eigenvalue weighted by Crippen LogP contribution is 2.51. The molecule has 0 amide bonds. The molecule has 1 N–H and O–H groups in total. The van der Waals surface area contributed by atoms with Crippen LogP contribution < -0.4 is 10.2 Å². The summed E-state index contributed by atoms with van der Waals surface area (Å²) in [5.41, 5.74) is 2.77. The van der Waals surface area contributed by atoms with Gasteiger partial charge >= 0.3 is 0 Å². The number of Topliss-reactive ketones (excluding diaryl/α,β-unsaturated/α-hetero) is 1. The van der Waals surface area contributed by atoms with Gasteiger partial charge in [-0.3, -0.25) is 4.79 Å². The highest BCUT2D eigenvalue weighted by Gasteiger charge is 2.47. The van der Waals surface area contributed by atoms with Gasteiger partial charge in [-0.2, -0.15) is 5.26 Å². The van der Waals surface area contributed by atoms with E-state index in [0.717, 1.165) is 65.5 Å². The van der Waals surface area contributed by atoms with Crippen molar-refractivity contribution in [2.45, 2.75) is 89.0 Å². The molecule has 4 aliphatic rings. The van der Waals surface area contributed by atoms with E-state index in [1.54, 1.807) is 11.3 Å². The van der Waals surface area contributed by atoms with Crippen molar-refractivity contribution in [1.82, 2.24) is 4.98 Å². The van der Waals surface area contributed by atoms with Gasteiger partial charge in [-0.05, 0) is 56.2 Å². The lowest BCUT2D eigenvalue weighted by Gasteiger charge is -2.31. The van der Waals surface area contributed by atoms with Crippen LogP contribution in [0, 0.1) is 22.7 Å². The van der Waals surface area contributed by atoms with E-state index in [-0.39, 0.29) is 29.1 Å². The third-order valence-electron chi connectivity index (χ3n) is 9.56. The maximum absolute atomic E-state index is 13.6. The van der Waals surface area contributed by atoms with Gasteiger partial charge in [-0.15, -0.1) is 0 Å². The molecular formula is C31H40N4O3S2. The zero-order chi connectivity index (χ0) is 27.7. The third-order valence-corrected chi connectivity index (χ3v) is 12.2. The predicted molar refractivity (Wildman–Crippen MR) is 161 cm³/mol. The highest BCUT2D eigenvalue weighted by molar-refractivity contribution is 7.91. The quantitative estimate of drug-likeness (QED) is 0.389. The lowest BCUT2D eigenvalue weighted by atomic mass is 9.73. The Morgan fingerprint density at radius 3 is 2.38 bits per heavy atom. The number of nitrogens with one attached hydrogen (secondary N) is 1. The number of benzene rings is 1. The molecule has 9 heteroatoms. The molecule has 0 unspecified atom stereocenters. The van der Waals surface area contributed by atoms with Gasteiger partial charge in [-0.1, -0.05) is 55.6 Å². The van der Waals surface area contributed by atoms with Crippen molar-refractivity contribution in [3.05, 3.63) is 30.0 Å². The number of carbonyl (C=O) groups excluding carboxylic acids is 1. The predicted octanol–water partition coefficient (Wildman–Crippen LogP) is 6.33. The van der Waals surface area contributed by atoms with Crippen LogP contribution in [0.4, 0.5) is 10.8 Å². The Morgan fingerprint density at radius 2 is 1.70 bits per heavy atom. The van der Waals surface area contributed by atoms with Crippen LogP contribution in [0.1, 0.15) is 88.7 Å². The smallest absolute Gasteiger partial charge is 0.183 e. The van der Waals surface area contributed by atoms with Gasteiger partial charge in [0, 0.05) is 43.1 Å². The number of ketones is 1. The number of hydrogen-bond donors (Lipinski definition) is 1. The SMILES string of the molecule is N#CC1(CC(=O)[C@@H]2CCCC[C@H]2c2nc(NC3CCCCC3)sc2-c2ccc(N3CCS(=O)(=O)CC3)cc2)CC1. The maximum atomic E-state index is 13.6. The van der Waals surface area contributed by atoms with Gasteiger partial charge in [0.2, 0.25) is 0 Å². The number of nitriles is 1. The molecule has 2 aromatic rings. The van der Waals surface area contributed by atoms with E-state index in [1.165, 1.54) is 32.1 Å². The third kappa shape index (κ3) is 6.08. The van der Waals surface area contributed by atoms with E-state index in [4.69, 9.17) is 4.98 Å². The molecule has 1 saturated heterocycles. The molecule has 214 valence electrons. The molecule has 3 saturated carbocycles. The van der Waals surface area contributed by atoms with Gasteiger partial charge in [0.05, 0.1) is 33.6 Å². The summed E-state index contributed by atoms with van der Waals surface area (Å²) >= 11 is 1.71. The van der Waals surface area contributed by atoms with Crippen molar-refractivity contribution in [2.24, 2.45) is 11.3 Å². The minimum absolute atomic E-state index is 0.0717. The average Bonchev–Trinajstić information content (AvgIpc) is 3.63. The minimum atomic E-state index is -2.92. The molecule has 0 spiro atoms. The summed E-state index contributed by atoms with van der Waals surface area (Å²) in [7, 11) is -2.92. The first-order chi connectivity index (χ1) is 19.3. The van der Waals surface area contributed by atoms with Gasteiger partial charge in [-0.25, -0.2) is 13.4 Å². The fourth-order valence-electron chi connectivity index (χ4n) is 6.85. The summed E-state index contributed by atoms with van der Waals surface area (Å²) in [6, 6.07) is 11.3. The van der Waals surface area contributed by atoms with Crippen LogP contribution >= 0.6 is 11.3 Å². The molecule has 2 heterocycles. The largest absolute Gasteiger partial charge is 0.369 e. The van der Waals surface area contributed by atoms with Crippen LogP contribution in [0.25, 0.3) is 10.4 Å². The molecule has 4 fully saturated rings. The van der Waals surface area contributed by atoms with Crippen LogP contribution in [-0.4, -0.2) is 49.8 Å². The van der Waals surface area contributed by atoms with Crippen LogP contribution in [0.15, 0.2) is 24.3 Å². The van der Waals surface area contributed by atoms with Crippen molar-refractivity contribution in [3.8, 4) is 16.5 Å². The Labute approximate surface area is 242 Å². The first kappa shape index (κ1) is 27.7. The van der Waals surface area contributed by atoms with Crippen LogP contribution in [-0.2, 0) is 14.6 Å². The second-order valence-corrected chi connectivity index (χ2v) is 15.7. The Bertz CT molecular complexity index is 1350. The number of hydrogen-bond acceptors (Lipinski definition) is 8. The number of rotatable bonds is 8. The lowest BCUT2D eigenvalue weighted by Crippen LogP contribution is -2.40. The van der Waals surface area contributed by atoms with E-state index in [0.29, 0.717) is 25.6 Å².